The highest BCUT2D eigenvalue weighted by Gasteiger charge is 2.26. The van der Waals surface area contributed by atoms with Crippen molar-refractivity contribution >= 4 is 29.2 Å². The SMILES string of the molecule is CC(NC(=O)N1CCC(C(C)O)CC1)c1cccc(Cl)c1Cl. The van der Waals surface area contributed by atoms with Gasteiger partial charge in [0.25, 0.3) is 0 Å². The van der Waals surface area contributed by atoms with Gasteiger partial charge in [0.1, 0.15) is 0 Å². The molecule has 0 radical (unpaired) electrons. The van der Waals surface area contributed by atoms with Crippen LogP contribution in [0.1, 0.15) is 38.3 Å². The summed E-state index contributed by atoms with van der Waals surface area (Å²) in [7, 11) is 0. The summed E-state index contributed by atoms with van der Waals surface area (Å²) in [5.74, 6) is 0.281. The van der Waals surface area contributed by atoms with Crippen LogP contribution in [-0.2, 0) is 0 Å². The lowest BCUT2D eigenvalue weighted by Crippen LogP contribution is -2.46. The van der Waals surface area contributed by atoms with Crippen LogP contribution in [0.3, 0.4) is 0 Å². The molecule has 122 valence electrons. The zero-order chi connectivity index (χ0) is 16.3. The molecule has 22 heavy (non-hydrogen) atoms. The average Bonchev–Trinajstić information content (AvgIpc) is 2.50. The van der Waals surface area contributed by atoms with Crippen LogP contribution in [0.25, 0.3) is 0 Å². The van der Waals surface area contributed by atoms with Crippen molar-refractivity contribution in [3.05, 3.63) is 33.8 Å². The van der Waals surface area contributed by atoms with Crippen molar-refractivity contribution in [1.82, 2.24) is 10.2 Å². The second kappa shape index (κ2) is 7.53. The van der Waals surface area contributed by atoms with Gasteiger partial charge in [-0.25, -0.2) is 4.79 Å². The molecule has 2 rings (SSSR count). The van der Waals surface area contributed by atoms with Crippen LogP contribution in [0.5, 0.6) is 0 Å². The monoisotopic (exact) mass is 344 g/mol. The Labute approximate surface area is 141 Å². The van der Waals surface area contributed by atoms with Gasteiger partial charge >= 0.3 is 6.03 Å². The normalized spacial score (nSPS) is 18.9. The molecule has 0 aliphatic carbocycles. The minimum atomic E-state index is -0.311. The maximum atomic E-state index is 12.3. The molecule has 0 bridgehead atoms. The van der Waals surface area contributed by atoms with E-state index in [1.807, 2.05) is 26.0 Å². The lowest BCUT2D eigenvalue weighted by Gasteiger charge is -2.34. The number of urea groups is 1. The van der Waals surface area contributed by atoms with E-state index in [1.165, 1.54) is 0 Å². The van der Waals surface area contributed by atoms with Crippen molar-refractivity contribution in [3.8, 4) is 0 Å². The van der Waals surface area contributed by atoms with E-state index in [4.69, 9.17) is 23.2 Å². The minimum Gasteiger partial charge on any atom is -0.393 e. The number of carbonyl (C=O) groups excluding carboxylic acids is 1. The Morgan fingerprint density at radius 1 is 1.32 bits per heavy atom. The van der Waals surface area contributed by atoms with Gasteiger partial charge in [-0.3, -0.25) is 0 Å². The van der Waals surface area contributed by atoms with Gasteiger partial charge in [-0.1, -0.05) is 35.3 Å². The molecule has 0 saturated carbocycles. The predicted octanol–water partition coefficient (Wildman–Crippen LogP) is 3.86. The molecule has 0 spiro atoms. The smallest absolute Gasteiger partial charge is 0.317 e. The van der Waals surface area contributed by atoms with E-state index in [9.17, 15) is 9.90 Å². The van der Waals surface area contributed by atoms with Crippen molar-refractivity contribution in [1.29, 1.82) is 0 Å². The lowest BCUT2D eigenvalue weighted by atomic mass is 9.92. The Balaban J connectivity index is 1.93. The summed E-state index contributed by atoms with van der Waals surface area (Å²) in [6.45, 7) is 5.02. The minimum absolute atomic E-state index is 0.104. The fraction of sp³-hybridized carbons (Fsp3) is 0.562. The highest BCUT2D eigenvalue weighted by atomic mass is 35.5. The molecule has 4 nitrogen and oxygen atoms in total. The third-order valence-electron chi connectivity index (χ3n) is 4.30. The molecule has 1 saturated heterocycles. The van der Waals surface area contributed by atoms with E-state index in [-0.39, 0.29) is 24.1 Å². The Morgan fingerprint density at radius 2 is 1.95 bits per heavy atom. The number of hydrogen-bond acceptors (Lipinski definition) is 2. The number of halogens is 2. The molecule has 6 heteroatoms. The lowest BCUT2D eigenvalue weighted by molar-refractivity contribution is 0.0794. The summed E-state index contributed by atoms with van der Waals surface area (Å²) in [6.07, 6.45) is 1.35. The first-order chi connectivity index (χ1) is 10.4. The molecule has 0 aromatic heterocycles. The Morgan fingerprint density at radius 3 is 2.55 bits per heavy atom. The van der Waals surface area contributed by atoms with Gasteiger partial charge in [0.05, 0.1) is 22.2 Å². The number of nitrogens with zero attached hydrogens (tertiary/aromatic N) is 1. The van der Waals surface area contributed by atoms with E-state index < -0.39 is 0 Å². The molecule has 2 amide bonds. The quantitative estimate of drug-likeness (QED) is 0.874. The fourth-order valence-electron chi connectivity index (χ4n) is 2.79. The molecule has 1 aromatic rings. The molecular weight excluding hydrogens is 323 g/mol. The number of benzene rings is 1. The number of likely N-dealkylation sites (tertiary alicyclic amines) is 1. The first-order valence-electron chi connectivity index (χ1n) is 7.57. The van der Waals surface area contributed by atoms with E-state index in [2.05, 4.69) is 5.32 Å². The van der Waals surface area contributed by atoms with Crippen LogP contribution < -0.4 is 5.32 Å². The summed E-state index contributed by atoms with van der Waals surface area (Å²) < 4.78 is 0. The summed E-state index contributed by atoms with van der Waals surface area (Å²) in [5.41, 5.74) is 0.807. The van der Waals surface area contributed by atoms with Crippen molar-refractivity contribution in [2.75, 3.05) is 13.1 Å². The third-order valence-corrected chi connectivity index (χ3v) is 5.13. The molecule has 2 atom stereocenters. The zero-order valence-electron chi connectivity index (χ0n) is 12.9. The number of aliphatic hydroxyl groups is 1. The van der Waals surface area contributed by atoms with Crippen LogP contribution >= 0.6 is 23.2 Å². The summed E-state index contributed by atoms with van der Waals surface area (Å²) in [5, 5.41) is 13.5. The first kappa shape index (κ1) is 17.4. The van der Waals surface area contributed by atoms with Gasteiger partial charge in [-0.05, 0) is 44.2 Å². The highest BCUT2D eigenvalue weighted by molar-refractivity contribution is 6.42. The van der Waals surface area contributed by atoms with E-state index in [0.29, 0.717) is 23.1 Å². The van der Waals surface area contributed by atoms with Crippen molar-refractivity contribution in [2.24, 2.45) is 5.92 Å². The van der Waals surface area contributed by atoms with Gasteiger partial charge in [-0.15, -0.1) is 0 Å². The van der Waals surface area contributed by atoms with Crippen LogP contribution in [0, 0.1) is 5.92 Å². The van der Waals surface area contributed by atoms with Crippen molar-refractivity contribution in [2.45, 2.75) is 38.8 Å². The number of nitrogens with one attached hydrogen (secondary N) is 1. The first-order valence-corrected chi connectivity index (χ1v) is 8.33. The van der Waals surface area contributed by atoms with Crippen LogP contribution in [0.4, 0.5) is 4.79 Å². The van der Waals surface area contributed by atoms with Crippen LogP contribution in [-0.4, -0.2) is 35.2 Å². The standard InChI is InChI=1S/C16H22Cl2N2O2/c1-10(13-4-3-5-14(17)15(13)18)19-16(22)20-8-6-12(7-9-20)11(2)21/h3-5,10-12,21H,6-9H2,1-2H3,(H,19,22). The van der Waals surface area contributed by atoms with Crippen LogP contribution in [0.2, 0.25) is 10.0 Å². The Bertz CT molecular complexity index is 529. The molecule has 1 aliphatic rings. The summed E-state index contributed by atoms with van der Waals surface area (Å²) in [6, 6.07) is 5.09. The number of piperidine rings is 1. The summed E-state index contributed by atoms with van der Waals surface area (Å²) >= 11 is 12.2. The van der Waals surface area contributed by atoms with E-state index in [0.717, 1.165) is 18.4 Å². The Hall–Kier alpha value is -0.970. The van der Waals surface area contributed by atoms with Crippen molar-refractivity contribution in [3.63, 3.8) is 0 Å². The number of amides is 2. The topological polar surface area (TPSA) is 52.6 Å². The molecule has 2 unspecified atom stereocenters. The second-order valence-electron chi connectivity index (χ2n) is 5.88. The highest BCUT2D eigenvalue weighted by Crippen LogP contribution is 2.30. The van der Waals surface area contributed by atoms with Crippen molar-refractivity contribution < 1.29 is 9.90 Å². The van der Waals surface area contributed by atoms with Gasteiger partial charge in [0.15, 0.2) is 0 Å². The molecule has 1 aromatic carbocycles. The van der Waals surface area contributed by atoms with Gasteiger partial charge in [0, 0.05) is 13.1 Å². The maximum Gasteiger partial charge on any atom is 0.317 e. The number of hydrogen-bond donors (Lipinski definition) is 2. The van der Waals surface area contributed by atoms with E-state index in [1.54, 1.807) is 11.0 Å². The predicted molar refractivity (Wildman–Crippen MR) is 89.4 cm³/mol. The van der Waals surface area contributed by atoms with Gasteiger partial charge < -0.3 is 15.3 Å². The third kappa shape index (κ3) is 4.06. The average molecular weight is 345 g/mol. The van der Waals surface area contributed by atoms with Crippen LogP contribution in [0.15, 0.2) is 18.2 Å². The summed E-state index contributed by atoms with van der Waals surface area (Å²) in [4.78, 5) is 14.1. The molecule has 1 fully saturated rings. The van der Waals surface area contributed by atoms with Gasteiger partial charge in [-0.2, -0.15) is 0 Å². The molecule has 1 heterocycles. The Kier molecular flexibility index (Phi) is 5.95. The molecule has 2 N–H and O–H groups in total. The number of carbonyl (C=O) groups is 1. The zero-order valence-corrected chi connectivity index (χ0v) is 14.4. The largest absolute Gasteiger partial charge is 0.393 e. The maximum absolute atomic E-state index is 12.3. The molecule has 1 aliphatic heterocycles. The molecular formula is C16H22Cl2N2O2. The van der Waals surface area contributed by atoms with E-state index >= 15 is 0 Å². The fourth-order valence-corrected chi connectivity index (χ4v) is 3.27. The van der Waals surface area contributed by atoms with Gasteiger partial charge in [0.2, 0.25) is 0 Å². The number of rotatable bonds is 3. The second-order valence-corrected chi connectivity index (χ2v) is 6.66. The number of aliphatic hydroxyl groups excluding tert-OH is 1.